The van der Waals surface area contributed by atoms with Crippen LogP contribution in [0.3, 0.4) is 0 Å². The molecule has 0 fully saturated rings. The highest BCUT2D eigenvalue weighted by Gasteiger charge is 2.24. The van der Waals surface area contributed by atoms with E-state index in [0.29, 0.717) is 5.57 Å². The van der Waals surface area contributed by atoms with Gasteiger partial charge in [0.1, 0.15) is 0 Å². The molecule has 3 aromatic carbocycles. The number of nitrogens with one attached hydrogen (secondary N) is 2. The van der Waals surface area contributed by atoms with E-state index in [1.165, 1.54) is 11.1 Å². The average molecular weight is 326 g/mol. The second-order valence-corrected chi connectivity index (χ2v) is 6.06. The fraction of sp³-hybridized carbons (Fsp3) is 0.0455. The first-order chi connectivity index (χ1) is 12.3. The summed E-state index contributed by atoms with van der Waals surface area (Å²) in [5.41, 5.74) is 5.87. The lowest BCUT2D eigenvalue weighted by atomic mass is 10.00. The van der Waals surface area contributed by atoms with Crippen LogP contribution in [0, 0.1) is 0 Å². The molecular formula is C22H18N2O. The Balaban J connectivity index is 1.62. The molecule has 0 bridgehead atoms. The van der Waals surface area contributed by atoms with E-state index in [1.807, 2.05) is 54.6 Å². The Kier molecular flexibility index (Phi) is 4.05. The minimum atomic E-state index is -0.0738. The summed E-state index contributed by atoms with van der Waals surface area (Å²) in [6, 6.07) is 26.3. The number of anilines is 2. The summed E-state index contributed by atoms with van der Waals surface area (Å²) < 4.78 is 0. The van der Waals surface area contributed by atoms with Crippen LogP contribution in [0.2, 0.25) is 0 Å². The highest BCUT2D eigenvalue weighted by molar-refractivity contribution is 6.31. The van der Waals surface area contributed by atoms with E-state index in [9.17, 15) is 4.79 Å². The summed E-state index contributed by atoms with van der Waals surface area (Å²) in [6.45, 7) is 0. The van der Waals surface area contributed by atoms with Crippen LogP contribution in [0.4, 0.5) is 11.4 Å². The Hall–Kier alpha value is -3.33. The Morgan fingerprint density at radius 3 is 2.32 bits per heavy atom. The molecule has 0 aromatic heterocycles. The van der Waals surface area contributed by atoms with Crippen molar-refractivity contribution in [1.82, 2.24) is 0 Å². The maximum absolute atomic E-state index is 12.3. The number of fused-ring (bicyclic) bond motifs is 1. The lowest BCUT2D eigenvalue weighted by molar-refractivity contribution is -0.110. The van der Waals surface area contributed by atoms with Gasteiger partial charge in [-0.3, -0.25) is 4.79 Å². The van der Waals surface area contributed by atoms with Crippen LogP contribution in [0.15, 0.2) is 85.1 Å². The van der Waals surface area contributed by atoms with Gasteiger partial charge in [-0.15, -0.1) is 0 Å². The molecule has 0 radical (unpaired) electrons. The fourth-order valence-corrected chi connectivity index (χ4v) is 3.01. The standard InChI is InChI=1S/C22H18N2O/c25-22-20(15-23-18-9-5-2-6-10-18)19-14-17(11-12-21(19)24-22)13-16-7-3-1-4-8-16/h1-12,14-15,23H,13H2,(H,24,25). The largest absolute Gasteiger partial charge is 0.361 e. The lowest BCUT2D eigenvalue weighted by Gasteiger charge is -2.06. The van der Waals surface area contributed by atoms with Crippen LogP contribution < -0.4 is 10.6 Å². The van der Waals surface area contributed by atoms with Gasteiger partial charge in [0.2, 0.25) is 0 Å². The molecular weight excluding hydrogens is 308 g/mol. The van der Waals surface area contributed by atoms with Gasteiger partial charge in [-0.1, -0.05) is 54.6 Å². The van der Waals surface area contributed by atoms with Crippen molar-refractivity contribution in [3.05, 3.63) is 102 Å². The summed E-state index contributed by atoms with van der Waals surface area (Å²) in [6.07, 6.45) is 2.63. The molecule has 1 amide bonds. The predicted molar refractivity (Wildman–Crippen MR) is 102 cm³/mol. The molecule has 0 aliphatic carbocycles. The van der Waals surface area contributed by atoms with Crippen molar-refractivity contribution in [3.8, 4) is 0 Å². The predicted octanol–water partition coefficient (Wildman–Crippen LogP) is 4.68. The number of carbonyl (C=O) groups excluding carboxylic acids is 1. The van der Waals surface area contributed by atoms with E-state index in [4.69, 9.17) is 0 Å². The maximum atomic E-state index is 12.3. The highest BCUT2D eigenvalue weighted by atomic mass is 16.2. The number of hydrogen-bond acceptors (Lipinski definition) is 2. The van der Waals surface area contributed by atoms with Gasteiger partial charge in [-0.25, -0.2) is 0 Å². The van der Waals surface area contributed by atoms with E-state index in [0.717, 1.165) is 23.4 Å². The molecule has 3 nitrogen and oxygen atoms in total. The monoisotopic (exact) mass is 326 g/mol. The first kappa shape index (κ1) is 15.2. The van der Waals surface area contributed by atoms with Gasteiger partial charge in [-0.2, -0.15) is 0 Å². The third kappa shape index (κ3) is 3.31. The first-order valence-electron chi connectivity index (χ1n) is 8.30. The van der Waals surface area contributed by atoms with Gasteiger partial charge < -0.3 is 10.6 Å². The van der Waals surface area contributed by atoms with E-state index < -0.39 is 0 Å². The van der Waals surface area contributed by atoms with Crippen LogP contribution in [0.25, 0.3) is 5.57 Å². The SMILES string of the molecule is O=C1Nc2ccc(Cc3ccccc3)cc2C1=CNc1ccccc1. The van der Waals surface area contributed by atoms with Crippen molar-refractivity contribution in [1.29, 1.82) is 0 Å². The van der Waals surface area contributed by atoms with Crippen molar-refractivity contribution >= 4 is 22.9 Å². The van der Waals surface area contributed by atoms with Crippen LogP contribution in [0.1, 0.15) is 16.7 Å². The highest BCUT2D eigenvalue weighted by Crippen LogP contribution is 2.33. The second-order valence-electron chi connectivity index (χ2n) is 6.06. The molecule has 4 rings (SSSR count). The van der Waals surface area contributed by atoms with Crippen LogP contribution in [0.5, 0.6) is 0 Å². The molecule has 1 aliphatic heterocycles. The topological polar surface area (TPSA) is 41.1 Å². The van der Waals surface area contributed by atoms with Gasteiger partial charge in [0.15, 0.2) is 0 Å². The Labute approximate surface area is 147 Å². The third-order valence-corrected chi connectivity index (χ3v) is 4.28. The van der Waals surface area contributed by atoms with Crippen molar-refractivity contribution in [3.63, 3.8) is 0 Å². The van der Waals surface area contributed by atoms with Gasteiger partial charge in [0.05, 0.1) is 5.57 Å². The number of amides is 1. The normalized spacial score (nSPS) is 14.2. The number of para-hydroxylation sites is 1. The van der Waals surface area contributed by atoms with Crippen molar-refractivity contribution in [2.45, 2.75) is 6.42 Å². The summed E-state index contributed by atoms with van der Waals surface area (Å²) in [7, 11) is 0. The molecule has 1 heterocycles. The molecule has 0 saturated carbocycles. The maximum Gasteiger partial charge on any atom is 0.257 e. The van der Waals surface area contributed by atoms with Crippen LogP contribution in [-0.4, -0.2) is 5.91 Å². The molecule has 122 valence electrons. The number of rotatable bonds is 4. The summed E-state index contributed by atoms with van der Waals surface area (Å²) in [4.78, 5) is 12.3. The molecule has 2 N–H and O–H groups in total. The number of benzene rings is 3. The van der Waals surface area contributed by atoms with E-state index in [2.05, 4.69) is 34.9 Å². The summed E-state index contributed by atoms with van der Waals surface area (Å²) in [5.74, 6) is -0.0738. The van der Waals surface area contributed by atoms with Crippen molar-refractivity contribution in [2.24, 2.45) is 0 Å². The Morgan fingerprint density at radius 1 is 0.840 bits per heavy atom. The van der Waals surface area contributed by atoms with Crippen LogP contribution in [-0.2, 0) is 11.2 Å². The van der Waals surface area contributed by atoms with E-state index in [1.54, 1.807) is 6.20 Å². The number of hydrogen-bond donors (Lipinski definition) is 2. The average Bonchev–Trinajstić information content (AvgIpc) is 2.96. The van der Waals surface area contributed by atoms with E-state index >= 15 is 0 Å². The van der Waals surface area contributed by atoms with Crippen molar-refractivity contribution < 1.29 is 4.79 Å². The smallest absolute Gasteiger partial charge is 0.257 e. The molecule has 1 aliphatic rings. The third-order valence-electron chi connectivity index (χ3n) is 4.28. The molecule has 25 heavy (non-hydrogen) atoms. The molecule has 0 spiro atoms. The molecule has 3 aromatic rings. The Morgan fingerprint density at radius 2 is 1.56 bits per heavy atom. The second kappa shape index (κ2) is 6.65. The lowest BCUT2D eigenvalue weighted by Crippen LogP contribution is -2.05. The summed E-state index contributed by atoms with van der Waals surface area (Å²) in [5, 5.41) is 6.13. The summed E-state index contributed by atoms with van der Waals surface area (Å²) >= 11 is 0. The zero-order valence-electron chi connectivity index (χ0n) is 13.7. The van der Waals surface area contributed by atoms with Gasteiger partial charge >= 0.3 is 0 Å². The zero-order valence-corrected chi connectivity index (χ0v) is 13.7. The fourth-order valence-electron chi connectivity index (χ4n) is 3.01. The molecule has 0 saturated heterocycles. The minimum absolute atomic E-state index is 0.0738. The van der Waals surface area contributed by atoms with Gasteiger partial charge in [-0.05, 0) is 41.8 Å². The number of carbonyl (C=O) groups is 1. The van der Waals surface area contributed by atoms with Gasteiger partial charge in [0, 0.05) is 23.1 Å². The first-order valence-corrected chi connectivity index (χ1v) is 8.30. The molecule has 0 unspecified atom stereocenters. The van der Waals surface area contributed by atoms with Crippen LogP contribution >= 0.6 is 0 Å². The van der Waals surface area contributed by atoms with Gasteiger partial charge in [0.25, 0.3) is 5.91 Å². The van der Waals surface area contributed by atoms with Crippen molar-refractivity contribution in [2.75, 3.05) is 10.6 Å². The minimum Gasteiger partial charge on any atom is -0.361 e. The zero-order chi connectivity index (χ0) is 17.1. The quantitative estimate of drug-likeness (QED) is 0.683. The van der Waals surface area contributed by atoms with E-state index in [-0.39, 0.29) is 5.91 Å². The molecule has 0 atom stereocenters. The Bertz CT molecular complexity index is 931. The molecule has 3 heteroatoms.